The van der Waals surface area contributed by atoms with Crippen LogP contribution in [0.3, 0.4) is 0 Å². The predicted octanol–water partition coefficient (Wildman–Crippen LogP) is 1.47. The maximum Gasteiger partial charge on any atom is 0.407 e. The number of amides is 1. The van der Waals surface area contributed by atoms with Gasteiger partial charge < -0.3 is 15.3 Å². The largest absolute Gasteiger partial charge is 0.465 e. The molecule has 110 valence electrons. The summed E-state index contributed by atoms with van der Waals surface area (Å²) in [5.74, 6) is 0.455. The maximum absolute atomic E-state index is 11.0. The Morgan fingerprint density at radius 3 is 3.05 bits per heavy atom. The van der Waals surface area contributed by atoms with E-state index in [2.05, 4.69) is 20.4 Å². The summed E-state index contributed by atoms with van der Waals surface area (Å²) in [5, 5.41) is 16.3. The van der Waals surface area contributed by atoms with Crippen molar-refractivity contribution < 1.29 is 9.90 Å². The molecule has 21 heavy (non-hydrogen) atoms. The van der Waals surface area contributed by atoms with E-state index in [4.69, 9.17) is 5.11 Å². The Morgan fingerprint density at radius 2 is 2.33 bits per heavy atom. The third-order valence-electron chi connectivity index (χ3n) is 3.43. The summed E-state index contributed by atoms with van der Waals surface area (Å²) in [6.45, 7) is 3.59. The van der Waals surface area contributed by atoms with Crippen molar-refractivity contribution >= 4 is 17.7 Å². The number of aromatic nitrogens is 4. The molecule has 0 saturated heterocycles. The van der Waals surface area contributed by atoms with E-state index in [0.29, 0.717) is 25.5 Å². The lowest BCUT2D eigenvalue weighted by molar-refractivity contribution is 0.139. The molecular formula is C13H16N6O2. The van der Waals surface area contributed by atoms with Gasteiger partial charge in [-0.05, 0) is 18.9 Å². The van der Waals surface area contributed by atoms with Crippen molar-refractivity contribution in [3.8, 4) is 0 Å². The SMILES string of the molecule is CCn1cc(Nc2ncc3c(n2)CN(C(=O)O)CC3)cn1. The second kappa shape index (κ2) is 5.39. The van der Waals surface area contributed by atoms with Crippen LogP contribution in [0.15, 0.2) is 18.6 Å². The molecule has 0 radical (unpaired) electrons. The van der Waals surface area contributed by atoms with Crippen LogP contribution >= 0.6 is 0 Å². The van der Waals surface area contributed by atoms with Gasteiger partial charge in [0.2, 0.25) is 5.95 Å². The number of hydrogen-bond acceptors (Lipinski definition) is 5. The molecule has 1 aliphatic heterocycles. The van der Waals surface area contributed by atoms with Gasteiger partial charge in [0.1, 0.15) is 0 Å². The summed E-state index contributed by atoms with van der Waals surface area (Å²) < 4.78 is 1.80. The second-order valence-corrected chi connectivity index (χ2v) is 4.83. The number of fused-ring (bicyclic) bond motifs is 1. The first-order valence-electron chi connectivity index (χ1n) is 6.78. The van der Waals surface area contributed by atoms with Gasteiger partial charge in [-0.3, -0.25) is 4.68 Å². The van der Waals surface area contributed by atoms with Crippen molar-refractivity contribution in [1.82, 2.24) is 24.6 Å². The fourth-order valence-electron chi connectivity index (χ4n) is 2.26. The first-order valence-corrected chi connectivity index (χ1v) is 6.78. The number of nitrogens with zero attached hydrogens (tertiary/aromatic N) is 5. The van der Waals surface area contributed by atoms with E-state index in [9.17, 15) is 4.79 Å². The summed E-state index contributed by atoms with van der Waals surface area (Å²) in [7, 11) is 0. The van der Waals surface area contributed by atoms with Crippen molar-refractivity contribution in [2.24, 2.45) is 0 Å². The van der Waals surface area contributed by atoms with E-state index in [1.807, 2.05) is 13.1 Å². The quantitative estimate of drug-likeness (QED) is 0.888. The van der Waals surface area contributed by atoms with Gasteiger partial charge in [-0.2, -0.15) is 5.10 Å². The molecular weight excluding hydrogens is 272 g/mol. The number of anilines is 2. The molecule has 0 atom stereocenters. The highest BCUT2D eigenvalue weighted by atomic mass is 16.4. The van der Waals surface area contributed by atoms with Gasteiger partial charge in [-0.25, -0.2) is 14.8 Å². The Labute approximate surface area is 121 Å². The van der Waals surface area contributed by atoms with Crippen molar-refractivity contribution in [3.63, 3.8) is 0 Å². The summed E-state index contributed by atoms with van der Waals surface area (Å²) >= 11 is 0. The van der Waals surface area contributed by atoms with Crippen LogP contribution in [0, 0.1) is 0 Å². The lowest BCUT2D eigenvalue weighted by atomic mass is 10.1. The van der Waals surface area contributed by atoms with Crippen LogP contribution in [0.5, 0.6) is 0 Å². The Morgan fingerprint density at radius 1 is 1.48 bits per heavy atom. The second-order valence-electron chi connectivity index (χ2n) is 4.83. The van der Waals surface area contributed by atoms with Gasteiger partial charge in [0.05, 0.1) is 24.1 Å². The van der Waals surface area contributed by atoms with Crippen molar-refractivity contribution in [2.75, 3.05) is 11.9 Å². The van der Waals surface area contributed by atoms with Gasteiger partial charge in [0, 0.05) is 25.5 Å². The van der Waals surface area contributed by atoms with Crippen LogP contribution in [-0.4, -0.2) is 42.4 Å². The molecule has 1 amide bonds. The minimum absolute atomic E-state index is 0.302. The maximum atomic E-state index is 11.0. The molecule has 2 N–H and O–H groups in total. The first kappa shape index (κ1) is 13.3. The third kappa shape index (κ3) is 2.78. The van der Waals surface area contributed by atoms with E-state index in [1.165, 1.54) is 4.90 Å². The van der Waals surface area contributed by atoms with Crippen LogP contribution in [0.25, 0.3) is 0 Å². The van der Waals surface area contributed by atoms with Gasteiger partial charge in [0.15, 0.2) is 0 Å². The Hall–Kier alpha value is -2.64. The molecule has 0 unspecified atom stereocenters. The average Bonchev–Trinajstić information content (AvgIpc) is 2.94. The molecule has 0 aliphatic carbocycles. The van der Waals surface area contributed by atoms with Crippen LogP contribution in [0.4, 0.5) is 16.4 Å². The highest BCUT2D eigenvalue weighted by molar-refractivity contribution is 5.65. The van der Waals surface area contributed by atoms with Crippen molar-refractivity contribution in [1.29, 1.82) is 0 Å². The molecule has 0 fully saturated rings. The summed E-state index contributed by atoms with van der Waals surface area (Å²) in [6, 6.07) is 0. The summed E-state index contributed by atoms with van der Waals surface area (Å²) in [5.41, 5.74) is 2.56. The molecule has 8 nitrogen and oxygen atoms in total. The topological polar surface area (TPSA) is 96.2 Å². The van der Waals surface area contributed by atoms with Gasteiger partial charge in [-0.15, -0.1) is 0 Å². The molecule has 2 aromatic heterocycles. The van der Waals surface area contributed by atoms with E-state index >= 15 is 0 Å². The zero-order valence-corrected chi connectivity index (χ0v) is 11.7. The Bertz CT molecular complexity index is 668. The van der Waals surface area contributed by atoms with Crippen LogP contribution in [-0.2, 0) is 19.5 Å². The lowest BCUT2D eigenvalue weighted by Crippen LogP contribution is -2.35. The van der Waals surface area contributed by atoms with Crippen molar-refractivity contribution in [2.45, 2.75) is 26.4 Å². The molecule has 8 heteroatoms. The molecule has 1 aliphatic rings. The van der Waals surface area contributed by atoms with Crippen molar-refractivity contribution in [3.05, 3.63) is 29.8 Å². The number of nitrogens with one attached hydrogen (secondary N) is 1. The monoisotopic (exact) mass is 288 g/mol. The predicted molar refractivity (Wildman–Crippen MR) is 75.4 cm³/mol. The number of carbonyl (C=O) groups is 1. The van der Waals surface area contributed by atoms with Crippen LogP contribution < -0.4 is 5.32 Å². The number of hydrogen-bond donors (Lipinski definition) is 2. The zero-order chi connectivity index (χ0) is 14.8. The zero-order valence-electron chi connectivity index (χ0n) is 11.7. The number of carboxylic acid groups (broad SMARTS) is 1. The van der Waals surface area contributed by atoms with E-state index in [1.54, 1.807) is 17.1 Å². The fraction of sp³-hybridized carbons (Fsp3) is 0.385. The highest BCUT2D eigenvalue weighted by Gasteiger charge is 2.21. The average molecular weight is 288 g/mol. The molecule has 3 heterocycles. The van der Waals surface area contributed by atoms with Gasteiger partial charge in [-0.1, -0.05) is 0 Å². The standard InChI is InChI=1S/C13H16N6O2/c1-2-19-7-10(6-15-19)16-12-14-5-9-3-4-18(13(20)21)8-11(9)17-12/h5-7H,2-4,8H2,1H3,(H,20,21)(H,14,16,17). The first-order chi connectivity index (χ1) is 10.2. The normalized spacial score (nSPS) is 13.9. The smallest absolute Gasteiger partial charge is 0.407 e. The molecule has 0 spiro atoms. The van der Waals surface area contributed by atoms with E-state index in [-0.39, 0.29) is 0 Å². The van der Waals surface area contributed by atoms with E-state index in [0.717, 1.165) is 23.5 Å². The van der Waals surface area contributed by atoms with Crippen LogP contribution in [0.1, 0.15) is 18.2 Å². The summed E-state index contributed by atoms with van der Waals surface area (Å²) in [4.78, 5) is 21.1. The minimum atomic E-state index is -0.919. The molecule has 0 bridgehead atoms. The third-order valence-corrected chi connectivity index (χ3v) is 3.43. The number of aryl methyl sites for hydroxylation is 1. The molecule has 3 rings (SSSR count). The number of rotatable bonds is 3. The molecule has 2 aromatic rings. The molecule has 0 saturated carbocycles. The highest BCUT2D eigenvalue weighted by Crippen LogP contribution is 2.19. The lowest BCUT2D eigenvalue weighted by Gasteiger charge is -2.25. The minimum Gasteiger partial charge on any atom is -0.465 e. The molecule has 0 aromatic carbocycles. The Kier molecular flexibility index (Phi) is 3.43. The fourth-order valence-corrected chi connectivity index (χ4v) is 2.26. The van der Waals surface area contributed by atoms with Gasteiger partial charge >= 0.3 is 6.09 Å². The summed E-state index contributed by atoms with van der Waals surface area (Å²) in [6.07, 6.45) is 5.06. The van der Waals surface area contributed by atoms with Crippen LogP contribution in [0.2, 0.25) is 0 Å². The van der Waals surface area contributed by atoms with Gasteiger partial charge in [0.25, 0.3) is 0 Å². The Balaban J connectivity index is 1.79. The van der Waals surface area contributed by atoms with E-state index < -0.39 is 6.09 Å².